The van der Waals surface area contributed by atoms with Crippen molar-refractivity contribution in [2.75, 3.05) is 11.4 Å². The number of hydrogen-bond donors (Lipinski definition) is 1. The molecule has 116 valence electrons. The van der Waals surface area contributed by atoms with Gasteiger partial charge in [0.1, 0.15) is 5.75 Å². The maximum Gasteiger partial charge on any atom is 0.270 e. The van der Waals surface area contributed by atoms with Crippen LogP contribution in [0.15, 0.2) is 18.2 Å². The number of anilines is 1. The summed E-state index contributed by atoms with van der Waals surface area (Å²) >= 11 is 0. The summed E-state index contributed by atoms with van der Waals surface area (Å²) in [4.78, 5) is 14.5. The van der Waals surface area contributed by atoms with Crippen molar-refractivity contribution in [2.24, 2.45) is 5.73 Å². The quantitative estimate of drug-likeness (QED) is 0.911. The molecule has 0 radical (unpaired) electrons. The second-order valence-electron chi connectivity index (χ2n) is 7.30. The molecule has 0 fully saturated rings. The summed E-state index contributed by atoms with van der Waals surface area (Å²) in [5, 5.41) is 0. The van der Waals surface area contributed by atoms with Gasteiger partial charge in [-0.3, -0.25) is 4.79 Å². The molecular formula is C17H26N2O2. The number of benzene rings is 1. The van der Waals surface area contributed by atoms with Gasteiger partial charge < -0.3 is 15.4 Å². The summed E-state index contributed by atoms with van der Waals surface area (Å²) in [5.41, 5.74) is 6.95. The van der Waals surface area contributed by atoms with Gasteiger partial charge in [-0.15, -0.1) is 0 Å². The fourth-order valence-electron chi connectivity index (χ4n) is 2.52. The Bertz CT molecular complexity index is 558. The third-order valence-electron chi connectivity index (χ3n) is 3.97. The van der Waals surface area contributed by atoms with Crippen LogP contribution in [0.25, 0.3) is 0 Å². The van der Waals surface area contributed by atoms with Crippen molar-refractivity contribution >= 4 is 11.6 Å². The molecule has 2 N–H and O–H groups in total. The minimum Gasteiger partial charge on any atom is -0.476 e. The van der Waals surface area contributed by atoms with Gasteiger partial charge in [0.25, 0.3) is 5.91 Å². The molecule has 1 amide bonds. The number of carbonyl (C=O) groups excluding carboxylic acids is 1. The molecule has 1 atom stereocenters. The first-order valence-corrected chi connectivity index (χ1v) is 7.45. The molecule has 1 aromatic carbocycles. The average molecular weight is 290 g/mol. The Labute approximate surface area is 127 Å². The van der Waals surface area contributed by atoms with E-state index in [4.69, 9.17) is 10.5 Å². The lowest BCUT2D eigenvalue weighted by molar-refractivity contribution is -0.133. The van der Waals surface area contributed by atoms with Gasteiger partial charge >= 0.3 is 0 Å². The molecule has 1 heterocycles. The van der Waals surface area contributed by atoms with Gasteiger partial charge in [0, 0.05) is 12.6 Å². The third-order valence-corrected chi connectivity index (χ3v) is 3.97. The fraction of sp³-hybridized carbons (Fsp3) is 0.588. The van der Waals surface area contributed by atoms with Crippen LogP contribution in [0.5, 0.6) is 5.75 Å². The number of carbonyl (C=O) groups is 1. The van der Waals surface area contributed by atoms with Crippen molar-refractivity contribution in [3.8, 4) is 5.75 Å². The molecule has 1 unspecified atom stereocenters. The average Bonchev–Trinajstić information content (AvgIpc) is 2.37. The molecule has 0 aromatic heterocycles. The number of fused-ring (bicyclic) bond motifs is 1. The van der Waals surface area contributed by atoms with Crippen LogP contribution in [-0.4, -0.2) is 24.1 Å². The first kappa shape index (κ1) is 15.8. The van der Waals surface area contributed by atoms with Gasteiger partial charge in [0.15, 0.2) is 5.60 Å². The highest BCUT2D eigenvalue weighted by atomic mass is 16.5. The minimum absolute atomic E-state index is 0.0165. The van der Waals surface area contributed by atoms with E-state index >= 15 is 0 Å². The summed E-state index contributed by atoms with van der Waals surface area (Å²) in [5.74, 6) is 0.701. The summed E-state index contributed by atoms with van der Waals surface area (Å²) in [7, 11) is 0. The number of nitrogens with zero attached hydrogens (tertiary/aromatic N) is 1. The number of nitrogens with two attached hydrogens (primary N) is 1. The molecule has 4 nitrogen and oxygen atoms in total. The largest absolute Gasteiger partial charge is 0.476 e. The summed E-state index contributed by atoms with van der Waals surface area (Å²) in [6.45, 7) is 12.4. The maximum absolute atomic E-state index is 12.7. The van der Waals surface area contributed by atoms with Crippen molar-refractivity contribution in [3.63, 3.8) is 0 Å². The zero-order valence-electron chi connectivity index (χ0n) is 13.9. The van der Waals surface area contributed by atoms with Crippen molar-refractivity contribution in [1.29, 1.82) is 0 Å². The molecule has 0 spiro atoms. The first-order valence-electron chi connectivity index (χ1n) is 7.45. The van der Waals surface area contributed by atoms with Gasteiger partial charge in [0.2, 0.25) is 0 Å². The highest BCUT2D eigenvalue weighted by Crippen LogP contribution is 2.41. The molecule has 0 bridgehead atoms. The van der Waals surface area contributed by atoms with E-state index in [1.54, 1.807) is 18.7 Å². The zero-order chi connectivity index (χ0) is 16.0. The van der Waals surface area contributed by atoms with Crippen molar-refractivity contribution in [2.45, 2.75) is 58.6 Å². The molecule has 2 rings (SSSR count). The SMILES string of the molecule is CC(CN)N1C(=O)C(C)(C)Oc2ccc(C(C)(C)C)cc21. The van der Waals surface area contributed by atoms with Gasteiger partial charge in [0.05, 0.1) is 5.69 Å². The predicted molar refractivity (Wildman–Crippen MR) is 85.9 cm³/mol. The molecular weight excluding hydrogens is 264 g/mol. The first-order chi connectivity index (χ1) is 9.58. The molecule has 4 heteroatoms. The van der Waals surface area contributed by atoms with E-state index in [9.17, 15) is 4.79 Å². The number of rotatable bonds is 2. The molecule has 21 heavy (non-hydrogen) atoms. The Morgan fingerprint density at radius 3 is 2.48 bits per heavy atom. The lowest BCUT2D eigenvalue weighted by Gasteiger charge is -2.42. The maximum atomic E-state index is 12.7. The molecule has 0 aliphatic carbocycles. The van der Waals surface area contributed by atoms with E-state index in [0.29, 0.717) is 6.54 Å². The molecule has 0 saturated heterocycles. The highest BCUT2D eigenvalue weighted by Gasteiger charge is 2.42. The van der Waals surface area contributed by atoms with Crippen LogP contribution in [-0.2, 0) is 10.2 Å². The zero-order valence-corrected chi connectivity index (χ0v) is 13.9. The summed E-state index contributed by atoms with van der Waals surface area (Å²) in [6.07, 6.45) is 0. The lowest BCUT2D eigenvalue weighted by atomic mass is 9.86. The minimum atomic E-state index is -0.861. The van der Waals surface area contributed by atoms with Crippen LogP contribution < -0.4 is 15.4 Å². The van der Waals surface area contributed by atoms with Crippen molar-refractivity contribution in [3.05, 3.63) is 23.8 Å². The Balaban J connectivity index is 2.60. The number of amides is 1. The number of hydrogen-bond acceptors (Lipinski definition) is 3. The van der Waals surface area contributed by atoms with Crippen molar-refractivity contribution in [1.82, 2.24) is 0 Å². The van der Waals surface area contributed by atoms with E-state index in [1.807, 2.05) is 13.0 Å². The van der Waals surface area contributed by atoms with Gasteiger partial charge in [-0.1, -0.05) is 26.8 Å². The van der Waals surface area contributed by atoms with Gasteiger partial charge in [-0.2, -0.15) is 0 Å². The summed E-state index contributed by atoms with van der Waals surface area (Å²) < 4.78 is 5.89. The fourth-order valence-corrected chi connectivity index (χ4v) is 2.52. The Morgan fingerprint density at radius 2 is 1.95 bits per heavy atom. The van der Waals surface area contributed by atoms with E-state index in [0.717, 1.165) is 11.4 Å². The van der Waals surface area contributed by atoms with Gasteiger partial charge in [-0.25, -0.2) is 0 Å². The Morgan fingerprint density at radius 1 is 1.33 bits per heavy atom. The third kappa shape index (κ3) is 2.77. The van der Waals surface area contributed by atoms with E-state index < -0.39 is 5.60 Å². The van der Waals surface area contributed by atoms with Gasteiger partial charge in [-0.05, 0) is 43.9 Å². The Kier molecular flexibility index (Phi) is 3.79. The molecule has 1 aliphatic heterocycles. The second kappa shape index (κ2) is 5.02. The van der Waals surface area contributed by atoms with E-state index in [-0.39, 0.29) is 17.4 Å². The molecule has 0 saturated carbocycles. The van der Waals surface area contributed by atoms with Crippen LogP contribution in [0.4, 0.5) is 5.69 Å². The summed E-state index contributed by atoms with van der Waals surface area (Å²) in [6, 6.07) is 6.01. The topological polar surface area (TPSA) is 55.6 Å². The lowest BCUT2D eigenvalue weighted by Crippen LogP contribution is -2.56. The number of ether oxygens (including phenoxy) is 1. The van der Waals surface area contributed by atoms with Crippen LogP contribution >= 0.6 is 0 Å². The molecule has 1 aliphatic rings. The standard InChI is InChI=1S/C17H26N2O2/c1-11(10-18)19-13-9-12(16(2,3)4)7-8-14(13)21-17(5,6)15(19)20/h7-9,11H,10,18H2,1-6H3. The van der Waals surface area contributed by atoms with E-state index in [2.05, 4.69) is 32.9 Å². The normalized spacial score (nSPS) is 19.0. The molecule has 1 aromatic rings. The second-order valence-corrected chi connectivity index (χ2v) is 7.30. The van der Waals surface area contributed by atoms with E-state index in [1.165, 1.54) is 5.56 Å². The smallest absolute Gasteiger partial charge is 0.270 e. The van der Waals surface area contributed by atoms with Crippen LogP contribution in [0.2, 0.25) is 0 Å². The predicted octanol–water partition coefficient (Wildman–Crippen LogP) is 2.84. The van der Waals surface area contributed by atoms with Crippen LogP contribution in [0.3, 0.4) is 0 Å². The van der Waals surface area contributed by atoms with Crippen LogP contribution in [0.1, 0.15) is 47.1 Å². The monoisotopic (exact) mass is 290 g/mol. The van der Waals surface area contributed by atoms with Crippen molar-refractivity contribution < 1.29 is 9.53 Å². The Hall–Kier alpha value is -1.55. The van der Waals surface area contributed by atoms with Crippen LogP contribution in [0, 0.1) is 0 Å². The highest BCUT2D eigenvalue weighted by molar-refractivity contribution is 6.03.